The molecule has 0 saturated carbocycles. The summed E-state index contributed by atoms with van der Waals surface area (Å²) in [5.74, 6) is 0.0562. The maximum absolute atomic E-state index is 12.0. The summed E-state index contributed by atoms with van der Waals surface area (Å²) in [7, 11) is 0. The van der Waals surface area contributed by atoms with Crippen molar-refractivity contribution in [2.75, 3.05) is 32.7 Å². The Hall–Kier alpha value is -1.09. The Morgan fingerprint density at radius 2 is 1.44 bits per heavy atom. The first-order valence-electron chi connectivity index (χ1n) is 6.86. The van der Waals surface area contributed by atoms with Crippen LogP contribution in [0.5, 0.6) is 0 Å². The summed E-state index contributed by atoms with van der Waals surface area (Å²) in [5.41, 5.74) is 1.71. The molecule has 0 heterocycles. The van der Waals surface area contributed by atoms with Gasteiger partial charge in [0, 0.05) is 25.2 Å². The molecule has 0 saturated heterocycles. The highest BCUT2D eigenvalue weighted by atomic mass is 16.2. The zero-order valence-electron chi connectivity index (χ0n) is 12.5. The molecular weight excluding hydrogens is 224 g/mol. The summed E-state index contributed by atoms with van der Waals surface area (Å²) in [6, 6.07) is 0. The third-order valence-corrected chi connectivity index (χ3v) is 3.16. The van der Waals surface area contributed by atoms with Crippen molar-refractivity contribution >= 4 is 5.91 Å². The lowest BCUT2D eigenvalue weighted by Crippen LogP contribution is -2.32. The molecule has 0 aromatic carbocycles. The summed E-state index contributed by atoms with van der Waals surface area (Å²) >= 11 is 0. The molecule has 0 N–H and O–H groups in total. The molecule has 0 atom stereocenters. The summed E-state index contributed by atoms with van der Waals surface area (Å²) < 4.78 is 0. The van der Waals surface area contributed by atoms with Gasteiger partial charge in [-0.1, -0.05) is 32.6 Å². The molecule has 0 spiro atoms. The lowest BCUT2D eigenvalue weighted by atomic mass is 10.1. The second kappa shape index (κ2) is 8.92. The molecule has 1 amide bonds. The minimum atomic E-state index is 0.0562. The monoisotopic (exact) mass is 252 g/mol. The van der Waals surface area contributed by atoms with Gasteiger partial charge in [0.2, 0.25) is 5.91 Å². The van der Waals surface area contributed by atoms with Crippen molar-refractivity contribution in [1.29, 1.82) is 0 Å². The van der Waals surface area contributed by atoms with Crippen LogP contribution in [0.15, 0.2) is 24.3 Å². The summed E-state index contributed by atoms with van der Waals surface area (Å²) in [6.45, 7) is 20.5. The lowest BCUT2D eigenvalue weighted by Gasteiger charge is -2.22. The maximum atomic E-state index is 12.0. The van der Waals surface area contributed by atoms with Crippen LogP contribution in [0.2, 0.25) is 0 Å². The highest BCUT2D eigenvalue weighted by Gasteiger charge is 2.14. The van der Waals surface area contributed by atoms with Gasteiger partial charge in [0.1, 0.15) is 0 Å². The van der Waals surface area contributed by atoms with E-state index in [1.165, 1.54) is 0 Å². The van der Waals surface area contributed by atoms with Crippen molar-refractivity contribution in [3.8, 4) is 0 Å². The Kier molecular flexibility index (Phi) is 8.38. The summed E-state index contributed by atoms with van der Waals surface area (Å²) in [4.78, 5) is 16.1. The fourth-order valence-electron chi connectivity index (χ4n) is 1.93. The second-order valence-electron chi connectivity index (χ2n) is 4.47. The number of amides is 1. The zero-order valence-corrected chi connectivity index (χ0v) is 12.5. The first-order chi connectivity index (χ1) is 8.49. The molecule has 0 aliphatic rings. The average molecular weight is 252 g/mol. The van der Waals surface area contributed by atoms with Gasteiger partial charge in [-0.25, -0.2) is 0 Å². The third-order valence-electron chi connectivity index (χ3n) is 3.16. The molecule has 0 aliphatic heterocycles. The smallest absolute Gasteiger partial charge is 0.249 e. The Bertz CT molecular complexity index is 289. The molecule has 0 bridgehead atoms. The molecule has 0 aromatic heterocycles. The van der Waals surface area contributed by atoms with Gasteiger partial charge < -0.3 is 4.90 Å². The van der Waals surface area contributed by atoms with Gasteiger partial charge in [-0.3, -0.25) is 9.69 Å². The van der Waals surface area contributed by atoms with Crippen molar-refractivity contribution in [2.45, 2.75) is 34.1 Å². The standard InChI is InChI=1S/C15H28N2O/c1-7-16(8-2)12-13(5)11-14(6)15(18)17(9-3)10-4/h5-12H2,1-4H3. The van der Waals surface area contributed by atoms with E-state index in [0.717, 1.165) is 38.3 Å². The van der Waals surface area contributed by atoms with Gasteiger partial charge in [-0.15, -0.1) is 0 Å². The van der Waals surface area contributed by atoms with Crippen LogP contribution in [0.3, 0.4) is 0 Å². The van der Waals surface area contributed by atoms with Crippen LogP contribution in [-0.4, -0.2) is 48.4 Å². The summed E-state index contributed by atoms with van der Waals surface area (Å²) in [6.07, 6.45) is 0.603. The van der Waals surface area contributed by atoms with Crippen LogP contribution in [-0.2, 0) is 4.79 Å². The molecule has 0 aliphatic carbocycles. The number of nitrogens with zero attached hydrogens (tertiary/aromatic N) is 2. The Morgan fingerprint density at radius 3 is 1.83 bits per heavy atom. The van der Waals surface area contributed by atoms with Crippen LogP contribution in [0.25, 0.3) is 0 Å². The molecular formula is C15H28N2O. The Balaban J connectivity index is 4.30. The molecule has 0 fully saturated rings. The molecule has 0 radical (unpaired) electrons. The van der Waals surface area contributed by atoms with Gasteiger partial charge in [0.25, 0.3) is 0 Å². The molecule has 3 nitrogen and oxygen atoms in total. The van der Waals surface area contributed by atoms with Gasteiger partial charge >= 0.3 is 0 Å². The van der Waals surface area contributed by atoms with E-state index in [1.807, 2.05) is 13.8 Å². The van der Waals surface area contributed by atoms with Gasteiger partial charge in [-0.05, 0) is 33.4 Å². The zero-order chi connectivity index (χ0) is 14.1. The fraction of sp³-hybridized carbons (Fsp3) is 0.667. The molecule has 0 unspecified atom stereocenters. The van der Waals surface area contributed by atoms with E-state index in [1.54, 1.807) is 4.90 Å². The highest BCUT2D eigenvalue weighted by Crippen LogP contribution is 2.12. The van der Waals surface area contributed by atoms with E-state index < -0.39 is 0 Å². The van der Waals surface area contributed by atoms with Gasteiger partial charge in [-0.2, -0.15) is 0 Å². The lowest BCUT2D eigenvalue weighted by molar-refractivity contribution is -0.126. The van der Waals surface area contributed by atoms with Crippen LogP contribution in [0, 0.1) is 0 Å². The Morgan fingerprint density at radius 1 is 0.944 bits per heavy atom. The first kappa shape index (κ1) is 16.9. The minimum absolute atomic E-state index is 0.0562. The SMILES string of the molecule is C=C(CC(=C)C(=O)N(CC)CC)CN(CC)CC. The number of likely N-dealkylation sites (N-methyl/N-ethyl adjacent to an activating group) is 2. The highest BCUT2D eigenvalue weighted by molar-refractivity contribution is 5.93. The van der Waals surface area contributed by atoms with Crippen molar-refractivity contribution < 1.29 is 4.79 Å². The number of hydrogen-bond acceptors (Lipinski definition) is 2. The van der Waals surface area contributed by atoms with E-state index in [-0.39, 0.29) is 5.91 Å². The third kappa shape index (κ3) is 5.50. The van der Waals surface area contributed by atoms with Crippen LogP contribution in [0.4, 0.5) is 0 Å². The summed E-state index contributed by atoms with van der Waals surface area (Å²) in [5, 5.41) is 0. The van der Waals surface area contributed by atoms with E-state index in [4.69, 9.17) is 0 Å². The fourth-order valence-corrected chi connectivity index (χ4v) is 1.93. The van der Waals surface area contributed by atoms with Crippen molar-refractivity contribution in [2.24, 2.45) is 0 Å². The van der Waals surface area contributed by atoms with Crippen LogP contribution >= 0.6 is 0 Å². The molecule has 0 aromatic rings. The van der Waals surface area contributed by atoms with E-state index in [2.05, 4.69) is 31.9 Å². The molecule has 104 valence electrons. The van der Waals surface area contributed by atoms with E-state index >= 15 is 0 Å². The van der Waals surface area contributed by atoms with Gasteiger partial charge in [0.05, 0.1) is 0 Å². The average Bonchev–Trinajstić information content (AvgIpc) is 2.37. The van der Waals surface area contributed by atoms with Gasteiger partial charge in [0.15, 0.2) is 0 Å². The van der Waals surface area contributed by atoms with Crippen molar-refractivity contribution in [3.05, 3.63) is 24.3 Å². The number of hydrogen-bond donors (Lipinski definition) is 0. The normalized spacial score (nSPS) is 10.5. The maximum Gasteiger partial charge on any atom is 0.249 e. The number of carbonyl (C=O) groups excluding carboxylic acids is 1. The van der Waals surface area contributed by atoms with Crippen LogP contribution in [0.1, 0.15) is 34.1 Å². The predicted molar refractivity (Wildman–Crippen MR) is 78.6 cm³/mol. The Labute approximate surface area is 112 Å². The first-order valence-corrected chi connectivity index (χ1v) is 6.86. The van der Waals surface area contributed by atoms with Crippen molar-refractivity contribution in [1.82, 2.24) is 9.80 Å². The van der Waals surface area contributed by atoms with E-state index in [9.17, 15) is 4.79 Å². The second-order valence-corrected chi connectivity index (χ2v) is 4.47. The van der Waals surface area contributed by atoms with Crippen molar-refractivity contribution in [3.63, 3.8) is 0 Å². The van der Waals surface area contributed by atoms with Crippen LogP contribution < -0.4 is 0 Å². The number of rotatable bonds is 9. The quantitative estimate of drug-likeness (QED) is 0.465. The topological polar surface area (TPSA) is 23.6 Å². The van der Waals surface area contributed by atoms with E-state index in [0.29, 0.717) is 12.0 Å². The largest absolute Gasteiger partial charge is 0.339 e. The molecule has 0 rings (SSSR count). The minimum Gasteiger partial charge on any atom is -0.339 e. The number of carbonyl (C=O) groups is 1. The molecule has 18 heavy (non-hydrogen) atoms. The predicted octanol–water partition coefficient (Wildman–Crippen LogP) is 2.70. The molecule has 3 heteroatoms.